The van der Waals surface area contributed by atoms with Gasteiger partial charge in [0.15, 0.2) is 0 Å². The SMILES string of the molecule is CCOc1cccc(CNCc2ccc(Cl)s2)c1. The molecule has 1 heterocycles. The highest BCUT2D eigenvalue weighted by Gasteiger charge is 1.99. The van der Waals surface area contributed by atoms with Crippen LogP contribution in [0.1, 0.15) is 17.4 Å². The van der Waals surface area contributed by atoms with Crippen LogP contribution in [0, 0.1) is 0 Å². The topological polar surface area (TPSA) is 21.3 Å². The average molecular weight is 282 g/mol. The predicted molar refractivity (Wildman–Crippen MR) is 77.5 cm³/mol. The number of benzene rings is 1. The summed E-state index contributed by atoms with van der Waals surface area (Å²) in [5, 5.41) is 3.40. The molecule has 0 aliphatic rings. The lowest BCUT2D eigenvalue weighted by atomic mass is 10.2. The molecule has 0 fully saturated rings. The van der Waals surface area contributed by atoms with Crippen LogP contribution in [0.5, 0.6) is 5.75 Å². The zero-order valence-electron chi connectivity index (χ0n) is 10.3. The van der Waals surface area contributed by atoms with Crippen LogP contribution < -0.4 is 10.1 Å². The van der Waals surface area contributed by atoms with Crippen LogP contribution in [0.2, 0.25) is 4.34 Å². The Hall–Kier alpha value is -1.03. The highest BCUT2D eigenvalue weighted by atomic mass is 35.5. The van der Waals surface area contributed by atoms with Gasteiger partial charge in [-0.25, -0.2) is 0 Å². The Bertz CT molecular complexity index is 498. The summed E-state index contributed by atoms with van der Waals surface area (Å²) in [5.74, 6) is 0.927. The minimum Gasteiger partial charge on any atom is -0.494 e. The molecule has 4 heteroatoms. The molecular weight excluding hydrogens is 266 g/mol. The predicted octanol–water partition coefficient (Wildman–Crippen LogP) is 4.09. The van der Waals surface area contributed by atoms with E-state index in [0.29, 0.717) is 6.61 Å². The molecule has 0 amide bonds. The van der Waals surface area contributed by atoms with Crippen LogP contribution in [-0.2, 0) is 13.1 Å². The van der Waals surface area contributed by atoms with E-state index in [9.17, 15) is 0 Å². The number of hydrogen-bond donors (Lipinski definition) is 1. The van der Waals surface area contributed by atoms with E-state index in [1.165, 1.54) is 10.4 Å². The van der Waals surface area contributed by atoms with Gasteiger partial charge in [-0.2, -0.15) is 0 Å². The summed E-state index contributed by atoms with van der Waals surface area (Å²) in [5.41, 5.74) is 1.23. The third-order valence-electron chi connectivity index (χ3n) is 2.47. The Morgan fingerprint density at radius 2 is 2.11 bits per heavy atom. The number of hydrogen-bond acceptors (Lipinski definition) is 3. The fourth-order valence-corrected chi connectivity index (χ4v) is 2.75. The van der Waals surface area contributed by atoms with Gasteiger partial charge in [0.05, 0.1) is 10.9 Å². The van der Waals surface area contributed by atoms with Gasteiger partial charge in [0.1, 0.15) is 5.75 Å². The van der Waals surface area contributed by atoms with Crippen molar-refractivity contribution in [2.75, 3.05) is 6.61 Å². The van der Waals surface area contributed by atoms with Crippen molar-refractivity contribution < 1.29 is 4.74 Å². The van der Waals surface area contributed by atoms with Gasteiger partial charge < -0.3 is 10.1 Å². The van der Waals surface area contributed by atoms with Gasteiger partial charge in [-0.05, 0) is 36.8 Å². The normalized spacial score (nSPS) is 10.6. The van der Waals surface area contributed by atoms with Gasteiger partial charge >= 0.3 is 0 Å². The molecule has 0 radical (unpaired) electrons. The van der Waals surface area contributed by atoms with Crippen molar-refractivity contribution in [3.05, 3.63) is 51.2 Å². The van der Waals surface area contributed by atoms with Crippen molar-refractivity contribution in [3.63, 3.8) is 0 Å². The van der Waals surface area contributed by atoms with Gasteiger partial charge in [-0.15, -0.1) is 11.3 Å². The van der Waals surface area contributed by atoms with Crippen molar-refractivity contribution in [2.45, 2.75) is 20.0 Å². The van der Waals surface area contributed by atoms with E-state index in [0.717, 1.165) is 23.2 Å². The Morgan fingerprint density at radius 1 is 1.22 bits per heavy atom. The molecule has 2 nitrogen and oxygen atoms in total. The maximum atomic E-state index is 5.89. The van der Waals surface area contributed by atoms with Crippen LogP contribution in [0.3, 0.4) is 0 Å². The van der Waals surface area contributed by atoms with E-state index in [1.54, 1.807) is 11.3 Å². The van der Waals surface area contributed by atoms with E-state index in [1.807, 2.05) is 25.1 Å². The summed E-state index contributed by atoms with van der Waals surface area (Å²) in [6.07, 6.45) is 0. The van der Waals surface area contributed by atoms with Gasteiger partial charge in [0, 0.05) is 18.0 Å². The first-order chi connectivity index (χ1) is 8.78. The number of ether oxygens (including phenoxy) is 1. The summed E-state index contributed by atoms with van der Waals surface area (Å²) < 4.78 is 6.31. The molecule has 0 unspecified atom stereocenters. The Labute approximate surface area is 117 Å². The largest absolute Gasteiger partial charge is 0.494 e. The zero-order valence-corrected chi connectivity index (χ0v) is 11.9. The lowest BCUT2D eigenvalue weighted by Crippen LogP contribution is -2.11. The minimum absolute atomic E-state index is 0.699. The third-order valence-corrected chi connectivity index (χ3v) is 3.70. The van der Waals surface area contributed by atoms with Gasteiger partial charge in [-0.1, -0.05) is 23.7 Å². The first-order valence-corrected chi connectivity index (χ1v) is 7.14. The molecule has 0 saturated carbocycles. The van der Waals surface area contributed by atoms with Gasteiger partial charge in [0.25, 0.3) is 0 Å². The van der Waals surface area contributed by atoms with Crippen LogP contribution in [0.4, 0.5) is 0 Å². The highest BCUT2D eigenvalue weighted by Crippen LogP contribution is 2.21. The summed E-state index contributed by atoms with van der Waals surface area (Å²) >= 11 is 7.50. The molecule has 2 aromatic rings. The highest BCUT2D eigenvalue weighted by molar-refractivity contribution is 7.16. The summed E-state index contributed by atoms with van der Waals surface area (Å²) in [7, 11) is 0. The van der Waals surface area contributed by atoms with E-state index in [4.69, 9.17) is 16.3 Å². The smallest absolute Gasteiger partial charge is 0.119 e. The molecule has 0 aliphatic carbocycles. The van der Waals surface area contributed by atoms with E-state index < -0.39 is 0 Å². The lowest BCUT2D eigenvalue weighted by Gasteiger charge is -2.07. The molecule has 1 aromatic carbocycles. The molecule has 96 valence electrons. The van der Waals surface area contributed by atoms with Crippen LogP contribution in [0.25, 0.3) is 0 Å². The van der Waals surface area contributed by atoms with E-state index >= 15 is 0 Å². The molecule has 18 heavy (non-hydrogen) atoms. The molecule has 1 N–H and O–H groups in total. The second-order valence-corrected chi connectivity index (χ2v) is 5.69. The van der Waals surface area contributed by atoms with E-state index in [2.05, 4.69) is 23.5 Å². The molecule has 0 bridgehead atoms. The van der Waals surface area contributed by atoms with Crippen molar-refractivity contribution in [1.29, 1.82) is 0 Å². The van der Waals surface area contributed by atoms with Crippen molar-refractivity contribution >= 4 is 22.9 Å². The number of thiophene rings is 1. The fraction of sp³-hybridized carbons (Fsp3) is 0.286. The Morgan fingerprint density at radius 3 is 2.83 bits per heavy atom. The van der Waals surface area contributed by atoms with Gasteiger partial charge in [0.2, 0.25) is 0 Å². The molecule has 0 saturated heterocycles. The average Bonchev–Trinajstić information content (AvgIpc) is 2.76. The molecule has 0 aliphatic heterocycles. The molecule has 0 atom stereocenters. The Balaban J connectivity index is 1.84. The number of nitrogens with one attached hydrogen (secondary N) is 1. The summed E-state index contributed by atoms with van der Waals surface area (Å²) in [4.78, 5) is 1.25. The monoisotopic (exact) mass is 281 g/mol. The number of halogens is 1. The maximum Gasteiger partial charge on any atom is 0.119 e. The van der Waals surface area contributed by atoms with Crippen molar-refractivity contribution in [2.24, 2.45) is 0 Å². The lowest BCUT2D eigenvalue weighted by molar-refractivity contribution is 0.340. The van der Waals surface area contributed by atoms with Crippen LogP contribution in [0.15, 0.2) is 36.4 Å². The van der Waals surface area contributed by atoms with Crippen LogP contribution >= 0.6 is 22.9 Å². The molecule has 0 spiro atoms. The summed E-state index contributed by atoms with van der Waals surface area (Å²) in [6.45, 7) is 4.36. The van der Waals surface area contributed by atoms with Crippen molar-refractivity contribution in [3.8, 4) is 5.75 Å². The zero-order chi connectivity index (χ0) is 12.8. The molecule has 2 rings (SSSR count). The number of rotatable bonds is 6. The second-order valence-electron chi connectivity index (χ2n) is 3.89. The standard InChI is InChI=1S/C14H16ClNOS/c1-2-17-12-5-3-4-11(8-12)9-16-10-13-6-7-14(15)18-13/h3-8,16H,2,9-10H2,1H3. The Kier molecular flexibility index (Phi) is 5.05. The first kappa shape index (κ1) is 13.4. The third kappa shape index (κ3) is 4.02. The minimum atomic E-state index is 0.699. The van der Waals surface area contributed by atoms with Crippen LogP contribution in [-0.4, -0.2) is 6.61 Å². The van der Waals surface area contributed by atoms with E-state index in [-0.39, 0.29) is 0 Å². The molecule has 1 aromatic heterocycles. The maximum absolute atomic E-state index is 5.89. The summed E-state index contributed by atoms with van der Waals surface area (Å²) in [6, 6.07) is 12.1. The van der Waals surface area contributed by atoms with Crippen molar-refractivity contribution in [1.82, 2.24) is 5.32 Å². The second kappa shape index (κ2) is 6.78. The quantitative estimate of drug-likeness (QED) is 0.861. The first-order valence-electron chi connectivity index (χ1n) is 5.94. The molecular formula is C14H16ClNOS. The fourth-order valence-electron chi connectivity index (χ4n) is 1.69. The van der Waals surface area contributed by atoms with Gasteiger partial charge in [-0.3, -0.25) is 0 Å².